The zero-order chi connectivity index (χ0) is 16.7. The molecule has 0 saturated heterocycles. The molecule has 2 heterocycles. The largest absolute Gasteiger partial charge is 0.496 e. The molecular weight excluding hydrogens is 304 g/mol. The van der Waals surface area contributed by atoms with Gasteiger partial charge in [0.05, 0.1) is 18.4 Å². The van der Waals surface area contributed by atoms with E-state index in [-0.39, 0.29) is 11.7 Å². The van der Waals surface area contributed by atoms with Gasteiger partial charge in [-0.2, -0.15) is 4.98 Å². The van der Waals surface area contributed by atoms with E-state index in [2.05, 4.69) is 15.1 Å². The van der Waals surface area contributed by atoms with Gasteiger partial charge in [0, 0.05) is 25.0 Å². The second kappa shape index (κ2) is 5.70. The third-order valence-electron chi connectivity index (χ3n) is 4.52. The van der Waals surface area contributed by atoms with Crippen LogP contribution in [0.1, 0.15) is 46.7 Å². The lowest BCUT2D eigenvalue weighted by molar-refractivity contribution is 0.0962. The van der Waals surface area contributed by atoms with Crippen molar-refractivity contribution in [3.63, 3.8) is 0 Å². The zero-order valence-electron chi connectivity index (χ0n) is 13.7. The first-order valence-electron chi connectivity index (χ1n) is 8.11. The summed E-state index contributed by atoms with van der Waals surface area (Å²) in [6, 6.07) is 7.86. The lowest BCUT2D eigenvalue weighted by Crippen LogP contribution is -2.21. The molecule has 3 aromatic rings. The molecule has 122 valence electrons. The number of benzene rings is 1. The summed E-state index contributed by atoms with van der Waals surface area (Å²) in [4.78, 5) is 21.6. The number of nitrogens with zero attached hydrogens (tertiary/aromatic N) is 4. The number of hydrogen-bond donors (Lipinski definition) is 0. The molecule has 0 N–H and O–H groups in total. The van der Waals surface area contributed by atoms with Crippen molar-refractivity contribution in [3.8, 4) is 5.75 Å². The highest BCUT2D eigenvalue weighted by molar-refractivity contribution is 5.98. The van der Waals surface area contributed by atoms with Crippen LogP contribution in [-0.4, -0.2) is 32.5 Å². The molecule has 1 aromatic carbocycles. The number of hydrogen-bond acceptors (Lipinski definition) is 5. The highest BCUT2D eigenvalue weighted by Crippen LogP contribution is 2.36. The minimum Gasteiger partial charge on any atom is -0.496 e. The maximum Gasteiger partial charge on any atom is 0.252 e. The SMILES string of the molecule is CCc1nc2nc3c(cn2n1)C(=O)C[C@H](c1ccccc1OC)C3. The Labute approximate surface area is 139 Å². The van der Waals surface area contributed by atoms with Gasteiger partial charge in [0.15, 0.2) is 11.6 Å². The van der Waals surface area contributed by atoms with Crippen LogP contribution in [0.25, 0.3) is 5.78 Å². The third kappa shape index (κ3) is 2.35. The molecule has 0 bridgehead atoms. The van der Waals surface area contributed by atoms with E-state index in [4.69, 9.17) is 4.74 Å². The third-order valence-corrected chi connectivity index (χ3v) is 4.52. The lowest BCUT2D eigenvalue weighted by Gasteiger charge is -2.24. The van der Waals surface area contributed by atoms with Gasteiger partial charge in [-0.25, -0.2) is 9.50 Å². The molecular formula is C18H18N4O2. The molecule has 2 aromatic heterocycles. The topological polar surface area (TPSA) is 69.4 Å². The Morgan fingerprint density at radius 2 is 2.08 bits per heavy atom. The Hall–Kier alpha value is -2.76. The van der Waals surface area contributed by atoms with E-state index in [0.29, 0.717) is 24.2 Å². The summed E-state index contributed by atoms with van der Waals surface area (Å²) in [5.41, 5.74) is 2.50. The maximum absolute atomic E-state index is 12.6. The second-order valence-electron chi connectivity index (χ2n) is 6.00. The normalized spacial score (nSPS) is 17.1. The summed E-state index contributed by atoms with van der Waals surface area (Å²) in [6.45, 7) is 2.00. The van der Waals surface area contributed by atoms with Crippen molar-refractivity contribution in [1.29, 1.82) is 0 Å². The lowest BCUT2D eigenvalue weighted by atomic mass is 9.82. The van der Waals surface area contributed by atoms with Crippen molar-refractivity contribution in [1.82, 2.24) is 19.6 Å². The van der Waals surface area contributed by atoms with Gasteiger partial charge in [-0.3, -0.25) is 4.79 Å². The average Bonchev–Trinajstić information content (AvgIpc) is 3.02. The van der Waals surface area contributed by atoms with Crippen LogP contribution in [0.3, 0.4) is 0 Å². The van der Waals surface area contributed by atoms with Crippen molar-refractivity contribution in [2.24, 2.45) is 0 Å². The highest BCUT2D eigenvalue weighted by Gasteiger charge is 2.30. The van der Waals surface area contributed by atoms with Gasteiger partial charge in [-0.05, 0) is 18.1 Å². The van der Waals surface area contributed by atoms with Crippen LogP contribution in [-0.2, 0) is 12.8 Å². The van der Waals surface area contributed by atoms with E-state index >= 15 is 0 Å². The summed E-state index contributed by atoms with van der Waals surface area (Å²) in [5, 5.41) is 4.35. The van der Waals surface area contributed by atoms with E-state index in [1.807, 2.05) is 31.2 Å². The van der Waals surface area contributed by atoms with E-state index in [1.54, 1.807) is 17.8 Å². The molecule has 0 unspecified atom stereocenters. The molecule has 1 atom stereocenters. The van der Waals surface area contributed by atoms with Crippen molar-refractivity contribution < 1.29 is 9.53 Å². The van der Waals surface area contributed by atoms with E-state index in [9.17, 15) is 4.79 Å². The molecule has 0 amide bonds. The molecule has 0 radical (unpaired) electrons. The van der Waals surface area contributed by atoms with E-state index in [0.717, 1.165) is 29.3 Å². The fourth-order valence-corrected chi connectivity index (χ4v) is 3.30. The molecule has 6 heteroatoms. The van der Waals surface area contributed by atoms with Crippen LogP contribution in [0.5, 0.6) is 5.75 Å². The minimum absolute atomic E-state index is 0.0738. The number of para-hydroxylation sites is 1. The molecule has 0 fully saturated rings. The van der Waals surface area contributed by atoms with Gasteiger partial charge < -0.3 is 4.74 Å². The van der Waals surface area contributed by atoms with Crippen LogP contribution in [0.2, 0.25) is 0 Å². The number of ether oxygens (including phenoxy) is 1. The molecule has 0 aliphatic heterocycles. The number of ketones is 1. The van der Waals surface area contributed by atoms with Gasteiger partial charge in [-0.15, -0.1) is 5.10 Å². The van der Waals surface area contributed by atoms with Crippen LogP contribution < -0.4 is 4.74 Å². The zero-order valence-corrected chi connectivity index (χ0v) is 13.7. The first kappa shape index (κ1) is 14.8. The number of carbonyl (C=O) groups is 1. The first-order chi connectivity index (χ1) is 11.7. The Balaban J connectivity index is 1.77. The number of fused-ring (bicyclic) bond motifs is 2. The standard InChI is InChI=1S/C18H18N4O2/c1-3-17-20-18-19-14-8-11(12-6-4-5-7-16(12)24-2)9-15(23)13(14)10-22(18)21-17/h4-7,10-11H,3,8-9H2,1-2H3/t11-/m1/s1. The fraction of sp³-hybridized carbons (Fsp3) is 0.333. The number of Topliss-reactive ketones (excluding diaryl/α,β-unsaturated/α-hetero) is 1. The predicted octanol–water partition coefficient (Wildman–Crippen LogP) is 2.61. The quantitative estimate of drug-likeness (QED) is 0.741. The van der Waals surface area contributed by atoms with E-state index < -0.39 is 0 Å². The number of rotatable bonds is 3. The van der Waals surface area contributed by atoms with Crippen molar-refractivity contribution in [3.05, 3.63) is 53.1 Å². The van der Waals surface area contributed by atoms with Gasteiger partial charge in [0.25, 0.3) is 5.78 Å². The number of aromatic nitrogens is 4. The summed E-state index contributed by atoms with van der Waals surface area (Å²) in [5.74, 6) is 2.27. The molecule has 24 heavy (non-hydrogen) atoms. The Bertz CT molecular complexity index is 932. The van der Waals surface area contributed by atoms with Gasteiger partial charge >= 0.3 is 0 Å². The Kier molecular flexibility index (Phi) is 3.52. The number of methoxy groups -OCH3 is 1. The predicted molar refractivity (Wildman–Crippen MR) is 88.5 cm³/mol. The number of carbonyl (C=O) groups excluding carboxylic acids is 1. The van der Waals surface area contributed by atoms with Gasteiger partial charge in [0.1, 0.15) is 5.75 Å². The highest BCUT2D eigenvalue weighted by atomic mass is 16.5. The summed E-state index contributed by atoms with van der Waals surface area (Å²) in [6.07, 6.45) is 3.67. The van der Waals surface area contributed by atoms with E-state index in [1.165, 1.54) is 0 Å². The number of aryl methyl sites for hydroxylation is 1. The minimum atomic E-state index is 0.0738. The van der Waals surface area contributed by atoms with Crippen LogP contribution in [0.4, 0.5) is 0 Å². The van der Waals surface area contributed by atoms with Crippen LogP contribution >= 0.6 is 0 Å². The van der Waals surface area contributed by atoms with Crippen molar-refractivity contribution in [2.75, 3.05) is 7.11 Å². The Morgan fingerprint density at radius 1 is 1.25 bits per heavy atom. The van der Waals surface area contributed by atoms with Gasteiger partial charge in [-0.1, -0.05) is 25.1 Å². The van der Waals surface area contributed by atoms with Gasteiger partial charge in [0.2, 0.25) is 0 Å². The first-order valence-corrected chi connectivity index (χ1v) is 8.11. The maximum atomic E-state index is 12.6. The summed E-state index contributed by atoms with van der Waals surface area (Å²) in [7, 11) is 1.65. The summed E-state index contributed by atoms with van der Waals surface area (Å²) >= 11 is 0. The molecule has 6 nitrogen and oxygen atoms in total. The second-order valence-corrected chi connectivity index (χ2v) is 6.00. The molecule has 0 spiro atoms. The molecule has 1 aliphatic rings. The molecule has 1 aliphatic carbocycles. The molecule has 4 rings (SSSR count). The van der Waals surface area contributed by atoms with Crippen LogP contribution in [0, 0.1) is 0 Å². The molecule has 0 saturated carbocycles. The fourth-order valence-electron chi connectivity index (χ4n) is 3.30. The monoisotopic (exact) mass is 322 g/mol. The smallest absolute Gasteiger partial charge is 0.252 e. The van der Waals surface area contributed by atoms with Crippen LogP contribution in [0.15, 0.2) is 30.5 Å². The Morgan fingerprint density at radius 3 is 2.88 bits per heavy atom. The average molecular weight is 322 g/mol. The van der Waals surface area contributed by atoms with Crippen molar-refractivity contribution >= 4 is 11.6 Å². The van der Waals surface area contributed by atoms with Crippen molar-refractivity contribution in [2.45, 2.75) is 32.1 Å². The summed E-state index contributed by atoms with van der Waals surface area (Å²) < 4.78 is 7.06.